The largest absolute Gasteiger partial charge is 0.492 e. The van der Waals surface area contributed by atoms with Gasteiger partial charge in [0.1, 0.15) is 24.2 Å². The minimum absolute atomic E-state index is 0.00641. The molecule has 0 aliphatic carbocycles. The average Bonchev–Trinajstić information content (AvgIpc) is 3.25. The summed E-state index contributed by atoms with van der Waals surface area (Å²) < 4.78 is 29.2. The zero-order valence-electron chi connectivity index (χ0n) is 21.9. The molecule has 1 atom stereocenters. The second kappa shape index (κ2) is 10.9. The van der Waals surface area contributed by atoms with Crippen molar-refractivity contribution in [1.82, 2.24) is 20.0 Å². The van der Waals surface area contributed by atoms with E-state index in [1.165, 1.54) is 11.0 Å². The molecule has 0 spiro atoms. The summed E-state index contributed by atoms with van der Waals surface area (Å²) in [5.74, 6) is -1.47. The molecule has 2 saturated heterocycles. The van der Waals surface area contributed by atoms with Gasteiger partial charge in [-0.1, -0.05) is 6.07 Å². The molecule has 3 aliphatic heterocycles. The van der Waals surface area contributed by atoms with E-state index in [1.54, 1.807) is 30.3 Å². The number of piperazine rings is 1. The maximum atomic E-state index is 14.6. The van der Waals surface area contributed by atoms with E-state index >= 15 is 0 Å². The van der Waals surface area contributed by atoms with Crippen molar-refractivity contribution in [2.45, 2.75) is 31.9 Å². The molecule has 9 nitrogen and oxygen atoms in total. The van der Waals surface area contributed by atoms with Crippen LogP contribution in [0.3, 0.4) is 0 Å². The predicted molar refractivity (Wildman–Crippen MR) is 136 cm³/mol. The van der Waals surface area contributed by atoms with Crippen LogP contribution in [-0.4, -0.2) is 84.8 Å². The SMILES string of the molecule is [2H]C1(N2Cc3c(NCc4cc(OCCN5CCN(C)CC5)ccc4F)cccc3C2=O)CCC(=O)NC1=O. The number of anilines is 1. The number of carbonyl (C=O) groups is 3. The lowest BCUT2D eigenvalue weighted by Crippen LogP contribution is -2.52. The maximum Gasteiger partial charge on any atom is 0.255 e. The number of amides is 3. The number of nitrogens with zero attached hydrogens (tertiary/aromatic N) is 3. The molecule has 2 fully saturated rings. The smallest absolute Gasteiger partial charge is 0.255 e. The highest BCUT2D eigenvalue weighted by molar-refractivity contribution is 6.06. The van der Waals surface area contributed by atoms with Crippen molar-refractivity contribution in [2.75, 3.05) is 51.7 Å². The van der Waals surface area contributed by atoms with Gasteiger partial charge in [-0.2, -0.15) is 0 Å². The molecule has 3 aliphatic rings. The summed E-state index contributed by atoms with van der Waals surface area (Å²) in [6.07, 6.45) is -0.0689. The van der Waals surface area contributed by atoms with Crippen molar-refractivity contribution >= 4 is 23.4 Å². The van der Waals surface area contributed by atoms with Gasteiger partial charge in [0.25, 0.3) is 5.91 Å². The molecular weight excluding hydrogens is 477 g/mol. The highest BCUT2D eigenvalue weighted by Crippen LogP contribution is 2.32. The summed E-state index contributed by atoms with van der Waals surface area (Å²) in [7, 11) is 2.11. The third-order valence-electron chi connectivity index (χ3n) is 7.16. The molecule has 10 heteroatoms. The molecule has 5 rings (SSSR count). The monoisotopic (exact) mass is 510 g/mol. The van der Waals surface area contributed by atoms with Gasteiger partial charge in [0.05, 0.1) is 1.37 Å². The van der Waals surface area contributed by atoms with Crippen LogP contribution in [-0.2, 0) is 22.7 Å². The van der Waals surface area contributed by atoms with Crippen molar-refractivity contribution in [1.29, 1.82) is 0 Å². The Kier molecular flexibility index (Phi) is 7.00. The minimum Gasteiger partial charge on any atom is -0.492 e. The van der Waals surface area contributed by atoms with E-state index in [9.17, 15) is 18.8 Å². The third-order valence-corrected chi connectivity index (χ3v) is 7.16. The minimum atomic E-state index is -1.86. The number of hydrogen-bond donors (Lipinski definition) is 2. The Hall–Kier alpha value is -3.50. The highest BCUT2D eigenvalue weighted by Gasteiger charge is 2.39. The number of piperidine rings is 1. The first kappa shape index (κ1) is 23.9. The van der Waals surface area contributed by atoms with E-state index in [-0.39, 0.29) is 31.7 Å². The lowest BCUT2D eigenvalue weighted by atomic mass is 10.0. The molecule has 2 N–H and O–H groups in total. The van der Waals surface area contributed by atoms with Gasteiger partial charge in [0.2, 0.25) is 11.8 Å². The Morgan fingerprint density at radius 3 is 2.76 bits per heavy atom. The summed E-state index contributed by atoms with van der Waals surface area (Å²) in [5.41, 5.74) is 2.06. The molecule has 0 bridgehead atoms. The van der Waals surface area contributed by atoms with Gasteiger partial charge in [-0.3, -0.25) is 24.6 Å². The number of imide groups is 1. The molecule has 3 heterocycles. The summed E-state index contributed by atoms with van der Waals surface area (Å²) in [6, 6.07) is 7.96. The molecule has 0 radical (unpaired) electrons. The zero-order valence-corrected chi connectivity index (χ0v) is 20.9. The van der Waals surface area contributed by atoms with E-state index in [0.717, 1.165) is 32.7 Å². The summed E-state index contributed by atoms with van der Waals surface area (Å²) in [6.45, 7) is 5.61. The summed E-state index contributed by atoms with van der Waals surface area (Å²) in [4.78, 5) is 43.0. The van der Waals surface area contributed by atoms with Gasteiger partial charge >= 0.3 is 0 Å². The van der Waals surface area contributed by atoms with Crippen molar-refractivity contribution < 1.29 is 24.9 Å². The Balaban J connectivity index is 1.23. The van der Waals surface area contributed by atoms with Crippen LogP contribution in [0.4, 0.5) is 10.1 Å². The van der Waals surface area contributed by atoms with Gasteiger partial charge < -0.3 is 19.9 Å². The van der Waals surface area contributed by atoms with E-state index in [1.807, 2.05) is 0 Å². The lowest BCUT2D eigenvalue weighted by molar-refractivity contribution is -0.136. The first-order chi connectivity index (χ1) is 18.2. The van der Waals surface area contributed by atoms with Crippen molar-refractivity contribution in [2.24, 2.45) is 0 Å². The molecule has 2 aromatic carbocycles. The van der Waals surface area contributed by atoms with Gasteiger partial charge in [-0.15, -0.1) is 0 Å². The fourth-order valence-electron chi connectivity index (χ4n) is 4.91. The number of nitrogens with one attached hydrogen (secondary N) is 2. The number of hydrogen-bond acceptors (Lipinski definition) is 7. The molecule has 196 valence electrons. The van der Waals surface area contributed by atoms with Gasteiger partial charge in [-0.25, -0.2) is 4.39 Å². The third kappa shape index (κ3) is 5.60. The van der Waals surface area contributed by atoms with Crippen LogP contribution in [0.15, 0.2) is 36.4 Å². The van der Waals surface area contributed by atoms with E-state index in [0.29, 0.717) is 34.7 Å². The molecule has 2 aromatic rings. The van der Waals surface area contributed by atoms with Crippen LogP contribution in [0, 0.1) is 5.82 Å². The number of rotatable bonds is 8. The van der Waals surface area contributed by atoms with Crippen LogP contribution < -0.4 is 15.4 Å². The Morgan fingerprint density at radius 2 is 1.97 bits per heavy atom. The summed E-state index contributed by atoms with van der Waals surface area (Å²) in [5, 5.41) is 5.38. The number of fused-ring (bicyclic) bond motifs is 1. The van der Waals surface area contributed by atoms with Gasteiger partial charge in [0.15, 0.2) is 0 Å². The predicted octanol–water partition coefficient (Wildman–Crippen LogP) is 1.82. The van der Waals surface area contributed by atoms with Crippen LogP contribution in [0.25, 0.3) is 0 Å². The second-order valence-corrected chi connectivity index (χ2v) is 9.65. The number of halogens is 1. The second-order valence-electron chi connectivity index (χ2n) is 9.65. The average molecular weight is 511 g/mol. The van der Waals surface area contributed by atoms with E-state index < -0.39 is 23.7 Å². The number of ether oxygens (including phenoxy) is 1. The fraction of sp³-hybridized carbons (Fsp3) is 0.444. The normalized spacial score (nSPS) is 23.0. The summed E-state index contributed by atoms with van der Waals surface area (Å²) >= 11 is 0. The van der Waals surface area contributed by atoms with Gasteiger partial charge in [0, 0.05) is 74.6 Å². The van der Waals surface area contributed by atoms with E-state index in [4.69, 9.17) is 6.11 Å². The maximum absolute atomic E-state index is 14.6. The fourth-order valence-corrected chi connectivity index (χ4v) is 4.91. The quantitative estimate of drug-likeness (QED) is 0.524. The molecule has 1 unspecified atom stereocenters. The number of likely N-dealkylation sites (N-methyl/N-ethyl adjacent to an activating group) is 1. The zero-order chi connectivity index (χ0) is 26.9. The molecule has 37 heavy (non-hydrogen) atoms. The number of carbonyl (C=O) groups excluding carboxylic acids is 3. The first-order valence-corrected chi connectivity index (χ1v) is 12.6. The van der Waals surface area contributed by atoms with Crippen LogP contribution in [0.1, 0.15) is 35.7 Å². The van der Waals surface area contributed by atoms with Crippen LogP contribution >= 0.6 is 0 Å². The topological polar surface area (TPSA) is 94.2 Å². The van der Waals surface area contributed by atoms with Gasteiger partial charge in [-0.05, 0) is 43.8 Å². The van der Waals surface area contributed by atoms with Crippen LogP contribution in [0.2, 0.25) is 0 Å². The molecule has 0 aromatic heterocycles. The first-order valence-electron chi connectivity index (χ1n) is 13.1. The standard InChI is InChI=1S/C27H32FN5O4/c1-31-9-11-32(12-10-31)13-14-37-19-5-6-22(28)18(15-19)16-29-23-4-2-3-20-21(23)17-33(27(20)36)24-7-8-25(34)30-26(24)35/h2-6,15,24,29H,7-14,16-17H2,1H3,(H,30,34,35)/i24D. The van der Waals surface area contributed by atoms with E-state index in [2.05, 4.69) is 27.5 Å². The van der Waals surface area contributed by atoms with Crippen molar-refractivity contribution in [3.63, 3.8) is 0 Å². The number of benzene rings is 2. The Bertz CT molecular complexity index is 1250. The highest BCUT2D eigenvalue weighted by atomic mass is 19.1. The van der Waals surface area contributed by atoms with Crippen LogP contribution in [0.5, 0.6) is 5.75 Å². The Morgan fingerprint density at radius 1 is 1.16 bits per heavy atom. The Labute approximate surface area is 216 Å². The molecule has 3 amide bonds. The van der Waals surface area contributed by atoms with Crippen molar-refractivity contribution in [3.8, 4) is 5.75 Å². The molecule has 0 saturated carbocycles. The lowest BCUT2D eigenvalue weighted by Gasteiger charge is -2.32. The molecular formula is C27H32FN5O4. The van der Waals surface area contributed by atoms with Crippen molar-refractivity contribution in [3.05, 3.63) is 58.9 Å².